The van der Waals surface area contributed by atoms with E-state index in [1.165, 1.54) is 12.1 Å². The molecule has 1 spiro atoms. The van der Waals surface area contributed by atoms with E-state index in [4.69, 9.17) is 0 Å². The molecule has 0 atom stereocenters. The Balaban J connectivity index is 1.52. The molecule has 2 aliphatic rings. The number of carbonyl (C=O) groups excluding carboxylic acids is 3. The van der Waals surface area contributed by atoms with Gasteiger partial charge in [-0.25, -0.2) is 17.9 Å². The van der Waals surface area contributed by atoms with E-state index in [0.717, 1.165) is 19.3 Å². The van der Waals surface area contributed by atoms with Crippen molar-refractivity contribution in [1.29, 1.82) is 0 Å². The average molecular weight is 394 g/mol. The fourth-order valence-corrected chi connectivity index (χ4v) is 4.43. The Bertz CT molecular complexity index is 834. The fourth-order valence-electron chi connectivity index (χ4n) is 3.38. The highest BCUT2D eigenvalue weighted by Crippen LogP contribution is 2.32. The van der Waals surface area contributed by atoms with Gasteiger partial charge in [0.1, 0.15) is 5.54 Å². The molecule has 0 bridgehead atoms. The molecule has 1 saturated carbocycles. The number of hydrogen-bond acceptors (Lipinski definition) is 5. The standard InChI is InChI=1S/C17H22N4O5S/c22-14(9-12-18-27(25,26)13-7-3-1-4-8-13)20-21-15(23)17(19-16(21)24)10-5-2-6-11-17/h1,3-4,7-8,18H,2,5-6,9-12H2,(H,19,24)(H,20,22). The normalized spacial score (nSPS) is 19.2. The molecule has 1 aromatic carbocycles. The molecule has 3 rings (SSSR count). The highest BCUT2D eigenvalue weighted by atomic mass is 32.2. The van der Waals surface area contributed by atoms with Gasteiger partial charge in [0.05, 0.1) is 4.90 Å². The third kappa shape index (κ3) is 4.11. The molecule has 1 aliphatic heterocycles. The van der Waals surface area contributed by atoms with Gasteiger partial charge in [-0.3, -0.25) is 15.0 Å². The third-order valence-corrected chi connectivity index (χ3v) is 6.28. The number of amides is 4. The van der Waals surface area contributed by atoms with Gasteiger partial charge in [0.25, 0.3) is 5.91 Å². The van der Waals surface area contributed by atoms with Crippen LogP contribution in [0.1, 0.15) is 38.5 Å². The molecule has 2 fully saturated rings. The first-order chi connectivity index (χ1) is 12.8. The van der Waals surface area contributed by atoms with Crippen molar-refractivity contribution in [2.24, 2.45) is 0 Å². The predicted molar refractivity (Wildman–Crippen MR) is 95.6 cm³/mol. The van der Waals surface area contributed by atoms with Crippen LogP contribution in [0.3, 0.4) is 0 Å². The van der Waals surface area contributed by atoms with Crippen LogP contribution in [-0.2, 0) is 19.6 Å². The summed E-state index contributed by atoms with van der Waals surface area (Å²) in [6, 6.07) is 7.13. The minimum absolute atomic E-state index is 0.0961. The van der Waals surface area contributed by atoms with E-state index in [2.05, 4.69) is 15.5 Å². The zero-order valence-corrected chi connectivity index (χ0v) is 15.5. The maximum Gasteiger partial charge on any atom is 0.344 e. The van der Waals surface area contributed by atoms with Crippen LogP contribution in [-0.4, -0.2) is 43.4 Å². The number of carbonyl (C=O) groups is 3. The minimum Gasteiger partial charge on any atom is -0.322 e. The van der Waals surface area contributed by atoms with Gasteiger partial charge in [0.2, 0.25) is 15.9 Å². The Labute approximate surface area is 157 Å². The van der Waals surface area contributed by atoms with Gasteiger partial charge >= 0.3 is 6.03 Å². The number of benzene rings is 1. The first-order valence-electron chi connectivity index (χ1n) is 8.85. The van der Waals surface area contributed by atoms with E-state index in [1.54, 1.807) is 18.2 Å². The maximum atomic E-state index is 12.6. The van der Waals surface area contributed by atoms with Gasteiger partial charge in [-0.05, 0) is 25.0 Å². The Morgan fingerprint density at radius 2 is 1.78 bits per heavy atom. The largest absolute Gasteiger partial charge is 0.344 e. The van der Waals surface area contributed by atoms with Crippen molar-refractivity contribution in [3.05, 3.63) is 30.3 Å². The van der Waals surface area contributed by atoms with Crippen LogP contribution in [0.5, 0.6) is 0 Å². The van der Waals surface area contributed by atoms with Crippen LogP contribution in [0.15, 0.2) is 35.2 Å². The van der Waals surface area contributed by atoms with E-state index in [-0.39, 0.29) is 17.9 Å². The highest BCUT2D eigenvalue weighted by molar-refractivity contribution is 7.89. The van der Waals surface area contributed by atoms with Crippen LogP contribution in [0.4, 0.5) is 4.79 Å². The van der Waals surface area contributed by atoms with Gasteiger partial charge in [0, 0.05) is 13.0 Å². The van der Waals surface area contributed by atoms with Crippen LogP contribution in [0.25, 0.3) is 0 Å². The van der Waals surface area contributed by atoms with Crippen molar-refractivity contribution in [1.82, 2.24) is 20.5 Å². The number of hydrogen-bond donors (Lipinski definition) is 3. The fraction of sp³-hybridized carbons (Fsp3) is 0.471. The van der Waals surface area contributed by atoms with Crippen LogP contribution in [0, 0.1) is 0 Å². The van der Waals surface area contributed by atoms with E-state index in [9.17, 15) is 22.8 Å². The molecule has 4 amide bonds. The summed E-state index contributed by atoms with van der Waals surface area (Å²) in [5.74, 6) is -1.08. The van der Waals surface area contributed by atoms with Crippen molar-refractivity contribution in [3.8, 4) is 0 Å². The lowest BCUT2D eigenvalue weighted by atomic mass is 9.82. The molecule has 1 aliphatic carbocycles. The van der Waals surface area contributed by atoms with Crippen molar-refractivity contribution < 1.29 is 22.8 Å². The Morgan fingerprint density at radius 1 is 1.11 bits per heavy atom. The van der Waals surface area contributed by atoms with Crippen molar-refractivity contribution >= 4 is 27.9 Å². The molecule has 146 valence electrons. The monoisotopic (exact) mass is 394 g/mol. The second-order valence-electron chi connectivity index (χ2n) is 6.71. The van der Waals surface area contributed by atoms with Gasteiger partial charge in [-0.1, -0.05) is 37.5 Å². The van der Waals surface area contributed by atoms with E-state index in [1.807, 2.05) is 0 Å². The smallest absolute Gasteiger partial charge is 0.322 e. The van der Waals surface area contributed by atoms with Crippen molar-refractivity contribution in [2.45, 2.75) is 49.0 Å². The second kappa shape index (κ2) is 7.65. The zero-order valence-electron chi connectivity index (χ0n) is 14.7. The number of rotatable bonds is 6. The van der Waals surface area contributed by atoms with Crippen LogP contribution >= 0.6 is 0 Å². The molecule has 0 aromatic heterocycles. The molecule has 10 heteroatoms. The molecule has 3 N–H and O–H groups in total. The first kappa shape index (κ1) is 19.3. The lowest BCUT2D eigenvalue weighted by molar-refractivity contribution is -0.139. The van der Waals surface area contributed by atoms with Crippen molar-refractivity contribution in [3.63, 3.8) is 0 Å². The summed E-state index contributed by atoms with van der Waals surface area (Å²) in [4.78, 5) is 36.8. The number of imide groups is 1. The average Bonchev–Trinajstić information content (AvgIpc) is 2.87. The summed E-state index contributed by atoms with van der Waals surface area (Å²) in [5.41, 5.74) is 1.35. The molecule has 0 radical (unpaired) electrons. The molecule has 27 heavy (non-hydrogen) atoms. The summed E-state index contributed by atoms with van der Waals surface area (Å²) < 4.78 is 26.5. The molecule has 0 unspecified atom stereocenters. The lowest BCUT2D eigenvalue weighted by Gasteiger charge is -2.30. The number of nitrogens with zero attached hydrogens (tertiary/aromatic N) is 1. The summed E-state index contributed by atoms with van der Waals surface area (Å²) in [5, 5.41) is 3.40. The highest BCUT2D eigenvalue weighted by Gasteiger charge is 2.52. The Hall–Kier alpha value is -2.46. The molecule has 1 heterocycles. The third-order valence-electron chi connectivity index (χ3n) is 4.80. The zero-order chi connectivity index (χ0) is 19.5. The Morgan fingerprint density at radius 3 is 2.44 bits per heavy atom. The number of nitrogens with one attached hydrogen (secondary N) is 3. The molecular formula is C17H22N4O5S. The molecule has 1 aromatic rings. The van der Waals surface area contributed by atoms with Gasteiger partial charge in [-0.2, -0.15) is 5.01 Å². The summed E-state index contributed by atoms with van der Waals surface area (Å²) in [7, 11) is -3.72. The number of hydrazine groups is 1. The Kier molecular flexibility index (Phi) is 5.47. The second-order valence-corrected chi connectivity index (χ2v) is 8.48. The van der Waals surface area contributed by atoms with E-state index < -0.39 is 33.4 Å². The minimum atomic E-state index is -3.72. The predicted octanol–water partition coefficient (Wildman–Crippen LogP) is 0.641. The molecule has 1 saturated heterocycles. The quantitative estimate of drug-likeness (QED) is 0.611. The number of sulfonamides is 1. The van der Waals surface area contributed by atoms with Gasteiger partial charge in [0.15, 0.2) is 0 Å². The van der Waals surface area contributed by atoms with Gasteiger partial charge in [-0.15, -0.1) is 0 Å². The summed E-state index contributed by atoms with van der Waals surface area (Å²) in [6.45, 7) is -0.155. The first-order valence-corrected chi connectivity index (χ1v) is 10.3. The molecular weight excluding hydrogens is 372 g/mol. The van der Waals surface area contributed by atoms with Crippen LogP contribution in [0.2, 0.25) is 0 Å². The molecule has 9 nitrogen and oxygen atoms in total. The number of urea groups is 1. The van der Waals surface area contributed by atoms with Gasteiger partial charge < -0.3 is 5.32 Å². The maximum absolute atomic E-state index is 12.6. The van der Waals surface area contributed by atoms with E-state index >= 15 is 0 Å². The summed E-state index contributed by atoms with van der Waals surface area (Å²) in [6.07, 6.45) is 3.60. The van der Waals surface area contributed by atoms with Crippen molar-refractivity contribution in [2.75, 3.05) is 6.54 Å². The lowest BCUT2D eigenvalue weighted by Crippen LogP contribution is -2.51. The topological polar surface area (TPSA) is 125 Å². The summed E-state index contributed by atoms with van der Waals surface area (Å²) >= 11 is 0. The van der Waals surface area contributed by atoms with E-state index in [0.29, 0.717) is 17.9 Å². The van der Waals surface area contributed by atoms with Crippen LogP contribution < -0.4 is 15.5 Å². The SMILES string of the molecule is O=C(CCNS(=O)(=O)c1ccccc1)NN1C(=O)NC2(CCCCC2)C1=O.